The molecule has 0 spiro atoms. The van der Waals surface area contributed by atoms with E-state index < -0.39 is 14.8 Å². The van der Waals surface area contributed by atoms with Crippen molar-refractivity contribution >= 4 is 26.9 Å². The number of pyridine rings is 1. The Morgan fingerprint density at radius 3 is 2.73 bits per heavy atom. The second-order valence-corrected chi connectivity index (χ2v) is 12.1. The van der Waals surface area contributed by atoms with Gasteiger partial charge in [-0.2, -0.15) is 19.2 Å². The molecule has 0 aromatic carbocycles. The zero-order chi connectivity index (χ0) is 23.0. The maximum Gasteiger partial charge on any atom is 0.220 e. The number of aromatic amines is 1. The van der Waals surface area contributed by atoms with Gasteiger partial charge < -0.3 is 9.64 Å². The molecule has 5 heterocycles. The van der Waals surface area contributed by atoms with Crippen LogP contribution in [-0.4, -0.2) is 74.8 Å². The van der Waals surface area contributed by atoms with E-state index in [1.807, 2.05) is 19.9 Å². The van der Waals surface area contributed by atoms with Gasteiger partial charge in [-0.15, -0.1) is 0 Å². The van der Waals surface area contributed by atoms with Crippen LogP contribution < -0.4 is 4.90 Å². The van der Waals surface area contributed by atoms with Crippen molar-refractivity contribution in [1.82, 2.24) is 29.3 Å². The highest BCUT2D eigenvalue weighted by Crippen LogP contribution is 2.48. The van der Waals surface area contributed by atoms with Crippen molar-refractivity contribution in [3.63, 3.8) is 0 Å². The molecule has 0 radical (unpaired) electrons. The van der Waals surface area contributed by atoms with Crippen LogP contribution in [0.25, 0.3) is 16.9 Å². The summed E-state index contributed by atoms with van der Waals surface area (Å²) in [7, 11) is -3.43. The first kappa shape index (κ1) is 21.1. The van der Waals surface area contributed by atoms with Crippen LogP contribution in [-0.2, 0) is 21.2 Å². The Hall–Kier alpha value is -2.50. The quantitative estimate of drug-likeness (QED) is 0.621. The molecular formula is C22H29N7O3S. The molecule has 1 N–H and O–H groups in total. The molecule has 0 amide bonds. The van der Waals surface area contributed by atoms with E-state index in [-0.39, 0.29) is 12.1 Å². The number of rotatable bonds is 4. The minimum Gasteiger partial charge on any atom is -0.377 e. The highest BCUT2D eigenvalue weighted by Gasteiger charge is 2.54. The largest absolute Gasteiger partial charge is 0.377 e. The number of nitrogens with one attached hydrogen (secondary N) is 1. The normalized spacial score (nSPS) is 25.4. The van der Waals surface area contributed by atoms with Gasteiger partial charge in [0.05, 0.1) is 29.7 Å². The molecule has 6 rings (SSSR count). The molecule has 2 aliphatic heterocycles. The van der Waals surface area contributed by atoms with Crippen molar-refractivity contribution in [3.05, 3.63) is 29.6 Å². The van der Waals surface area contributed by atoms with Crippen LogP contribution in [0.4, 0.5) is 5.82 Å². The number of anilines is 1. The first-order valence-electron chi connectivity index (χ1n) is 11.6. The molecule has 3 aromatic rings. The second kappa shape index (κ2) is 7.25. The number of aromatic nitrogens is 5. The Labute approximate surface area is 193 Å². The van der Waals surface area contributed by atoms with Crippen molar-refractivity contribution in [2.45, 2.75) is 56.9 Å². The Bertz CT molecular complexity index is 1310. The van der Waals surface area contributed by atoms with E-state index in [2.05, 4.69) is 28.1 Å². The predicted octanol–water partition coefficient (Wildman–Crippen LogP) is 2.17. The third-order valence-electron chi connectivity index (χ3n) is 7.43. The smallest absolute Gasteiger partial charge is 0.220 e. The van der Waals surface area contributed by atoms with Gasteiger partial charge in [-0.1, -0.05) is 0 Å². The minimum atomic E-state index is -3.43. The first-order valence-corrected chi connectivity index (χ1v) is 13.0. The monoisotopic (exact) mass is 471 g/mol. The maximum absolute atomic E-state index is 13.6. The number of nitrogens with zero attached hydrogens (tertiary/aromatic N) is 6. The van der Waals surface area contributed by atoms with E-state index in [4.69, 9.17) is 14.8 Å². The van der Waals surface area contributed by atoms with E-state index in [1.54, 1.807) is 15.2 Å². The second-order valence-electron chi connectivity index (χ2n) is 9.67. The summed E-state index contributed by atoms with van der Waals surface area (Å²) in [5.74, 6) is 1.49. The molecule has 176 valence electrons. The molecule has 10 nitrogen and oxygen atoms in total. The lowest BCUT2D eigenvalue weighted by molar-refractivity contribution is 0.0985. The molecule has 3 aliphatic rings. The average Bonchev–Trinajstić information content (AvgIpc) is 3.22. The van der Waals surface area contributed by atoms with Crippen LogP contribution in [0.3, 0.4) is 0 Å². The molecule has 0 bridgehead atoms. The Morgan fingerprint density at radius 1 is 1.21 bits per heavy atom. The topological polar surface area (TPSA) is 109 Å². The molecule has 3 aromatic heterocycles. The summed E-state index contributed by atoms with van der Waals surface area (Å²) in [4.78, 5) is 7.28. The summed E-state index contributed by atoms with van der Waals surface area (Å²) in [6, 6.07) is 3.79. The lowest BCUT2D eigenvalue weighted by atomic mass is 10.0. The van der Waals surface area contributed by atoms with E-state index >= 15 is 0 Å². The molecule has 33 heavy (non-hydrogen) atoms. The van der Waals surface area contributed by atoms with Gasteiger partial charge >= 0.3 is 0 Å². The Balaban J connectivity index is 1.56. The fraction of sp³-hybridized carbons (Fsp3) is 0.591. The lowest BCUT2D eigenvalue weighted by Gasteiger charge is -2.35. The van der Waals surface area contributed by atoms with Crippen molar-refractivity contribution in [2.75, 3.05) is 31.2 Å². The highest BCUT2D eigenvalue weighted by molar-refractivity contribution is 7.90. The zero-order valence-corrected chi connectivity index (χ0v) is 20.0. The molecule has 2 fully saturated rings. The third kappa shape index (κ3) is 3.12. The Kier molecular flexibility index (Phi) is 4.63. The molecular weight excluding hydrogens is 442 g/mol. The fourth-order valence-electron chi connectivity index (χ4n) is 5.06. The number of H-pyrrole nitrogens is 1. The van der Waals surface area contributed by atoms with E-state index in [9.17, 15) is 8.42 Å². The van der Waals surface area contributed by atoms with Gasteiger partial charge in [-0.3, -0.25) is 5.10 Å². The average molecular weight is 472 g/mol. The van der Waals surface area contributed by atoms with Crippen LogP contribution in [0.1, 0.15) is 50.9 Å². The summed E-state index contributed by atoms with van der Waals surface area (Å²) in [6.45, 7) is 8.38. The number of hydrogen-bond acceptors (Lipinski definition) is 7. The van der Waals surface area contributed by atoms with Gasteiger partial charge in [0.25, 0.3) is 0 Å². The Morgan fingerprint density at radius 2 is 2.03 bits per heavy atom. The van der Waals surface area contributed by atoms with E-state index in [1.165, 1.54) is 0 Å². The first-order chi connectivity index (χ1) is 15.8. The van der Waals surface area contributed by atoms with E-state index in [0.29, 0.717) is 37.6 Å². The lowest BCUT2D eigenvalue weighted by Crippen LogP contribution is -2.44. The fourth-order valence-corrected chi connectivity index (χ4v) is 7.11. The van der Waals surface area contributed by atoms with Gasteiger partial charge in [-0.05, 0) is 45.2 Å². The molecule has 11 heteroatoms. The van der Waals surface area contributed by atoms with E-state index in [0.717, 1.165) is 41.8 Å². The van der Waals surface area contributed by atoms with Crippen LogP contribution in [0, 0.1) is 0 Å². The van der Waals surface area contributed by atoms with Crippen LogP contribution in [0.2, 0.25) is 0 Å². The predicted molar refractivity (Wildman–Crippen MR) is 124 cm³/mol. The molecule has 1 aliphatic carbocycles. The van der Waals surface area contributed by atoms with Gasteiger partial charge in [-0.25, -0.2) is 13.4 Å². The van der Waals surface area contributed by atoms with Crippen molar-refractivity contribution in [3.8, 4) is 5.82 Å². The summed E-state index contributed by atoms with van der Waals surface area (Å²) < 4.78 is 35.6. The summed E-state index contributed by atoms with van der Waals surface area (Å²) in [6.07, 6.45) is 3.74. The van der Waals surface area contributed by atoms with Gasteiger partial charge in [0.15, 0.2) is 11.5 Å². The minimum absolute atomic E-state index is 0.170. The summed E-state index contributed by atoms with van der Waals surface area (Å²) >= 11 is 0. The van der Waals surface area contributed by atoms with Crippen molar-refractivity contribution in [2.24, 2.45) is 0 Å². The van der Waals surface area contributed by atoms with Crippen LogP contribution in [0.15, 0.2) is 18.3 Å². The van der Waals surface area contributed by atoms with Gasteiger partial charge in [0.2, 0.25) is 10.0 Å². The standard InChI is InChI=1S/C22H29N7O3S/c1-14-13-32-11-10-27(14)19-12-16-15(2)28(33(30,31)22(3)6-7-22)9-5-17-20(16)21(24-19)29(26-17)18-4-8-23-25-18/h4,8,12,14-15H,5-7,9-11,13H2,1-3H3,(H,23,25)/t14-,15?/m1/s1. The van der Waals surface area contributed by atoms with Gasteiger partial charge in [0.1, 0.15) is 5.82 Å². The number of hydrogen-bond donors (Lipinski definition) is 1. The van der Waals surface area contributed by atoms with Crippen LogP contribution in [0.5, 0.6) is 0 Å². The number of morpholine rings is 1. The number of sulfonamides is 1. The molecule has 1 saturated carbocycles. The van der Waals surface area contributed by atoms with Gasteiger partial charge in [0, 0.05) is 43.2 Å². The zero-order valence-electron chi connectivity index (χ0n) is 19.2. The maximum atomic E-state index is 13.6. The highest BCUT2D eigenvalue weighted by atomic mass is 32.2. The number of ether oxygens (including phenoxy) is 1. The molecule has 2 atom stereocenters. The summed E-state index contributed by atoms with van der Waals surface area (Å²) in [5, 5.41) is 13.0. The van der Waals surface area contributed by atoms with Crippen LogP contribution >= 0.6 is 0 Å². The third-order valence-corrected chi connectivity index (χ3v) is 10.2. The van der Waals surface area contributed by atoms with Crippen molar-refractivity contribution in [1.29, 1.82) is 0 Å². The SMILES string of the molecule is CC1c2cc(N3CCOC[C@H]3C)nc3c2c(nn3-c2cc[nH]n2)CCN1S(=O)(=O)C1(C)CC1. The summed E-state index contributed by atoms with van der Waals surface area (Å²) in [5.41, 5.74) is 2.53. The van der Waals surface area contributed by atoms with Crippen molar-refractivity contribution < 1.29 is 13.2 Å². The molecule has 1 saturated heterocycles. The molecule has 1 unspecified atom stereocenters.